The molecule has 7 nitrogen and oxygen atoms in total. The molecule has 0 saturated carbocycles. The Morgan fingerprint density at radius 1 is 1.46 bits per heavy atom. The van der Waals surface area contributed by atoms with Gasteiger partial charge in [0.1, 0.15) is 6.07 Å². The minimum absolute atomic E-state index is 0.0809. The Kier molecular flexibility index (Phi) is 5.84. The van der Waals surface area contributed by atoms with Crippen LogP contribution in [0.4, 0.5) is 5.69 Å². The second kappa shape index (κ2) is 8.47. The van der Waals surface area contributed by atoms with E-state index in [0.717, 1.165) is 60.5 Å². The number of anilines is 1. The molecule has 3 rings (SSSR count). The highest BCUT2D eigenvalue weighted by molar-refractivity contribution is 6.48. The second-order valence-corrected chi connectivity index (χ2v) is 6.10. The van der Waals surface area contributed by atoms with Gasteiger partial charge in [0, 0.05) is 43.0 Å². The van der Waals surface area contributed by atoms with Crippen LogP contribution in [0.1, 0.15) is 18.5 Å². The van der Waals surface area contributed by atoms with E-state index in [0.29, 0.717) is 6.04 Å². The van der Waals surface area contributed by atoms with Gasteiger partial charge in [0.2, 0.25) is 0 Å². The van der Waals surface area contributed by atoms with E-state index in [1.54, 1.807) is 12.3 Å². The molecule has 1 aliphatic heterocycles. The topological polar surface area (TPSA) is 118 Å². The summed E-state index contributed by atoms with van der Waals surface area (Å²) >= 11 is 0. The first kappa shape index (κ1) is 17.9. The van der Waals surface area contributed by atoms with Crippen molar-refractivity contribution in [1.29, 1.82) is 10.7 Å². The van der Waals surface area contributed by atoms with E-state index in [-0.39, 0.29) is 13.1 Å². The van der Waals surface area contributed by atoms with Crippen molar-refractivity contribution in [1.82, 2.24) is 9.97 Å². The number of hydrogen-bond donors (Lipinski definition) is 4. The predicted octanol–water partition coefficient (Wildman–Crippen LogP) is 1.19. The molecule has 0 amide bonds. The number of allylic oxidation sites excluding steroid dienone is 1. The number of aromatic amines is 1. The minimum Gasteiger partial charge on any atom is -0.449 e. The van der Waals surface area contributed by atoms with Crippen LogP contribution in [0.15, 0.2) is 30.0 Å². The van der Waals surface area contributed by atoms with E-state index in [9.17, 15) is 5.02 Å². The molecular formula is C18H20BN5O2. The zero-order valence-corrected chi connectivity index (χ0v) is 14.3. The van der Waals surface area contributed by atoms with Crippen LogP contribution in [0.5, 0.6) is 0 Å². The lowest BCUT2D eigenvalue weighted by Crippen LogP contribution is -2.31. The lowest BCUT2D eigenvalue weighted by Gasteiger charge is -2.25. The maximum Gasteiger partial charge on any atom is 0.308 e. The van der Waals surface area contributed by atoms with Gasteiger partial charge in [0.15, 0.2) is 0 Å². The highest BCUT2D eigenvalue weighted by Gasteiger charge is 2.16. The number of pyridine rings is 1. The van der Waals surface area contributed by atoms with E-state index in [1.165, 1.54) is 0 Å². The lowest BCUT2D eigenvalue weighted by molar-refractivity contribution is 0.0905. The summed E-state index contributed by atoms with van der Waals surface area (Å²) in [7, 11) is -0.0809. The highest BCUT2D eigenvalue weighted by Crippen LogP contribution is 2.21. The first-order chi connectivity index (χ1) is 12.7. The molecule has 0 bridgehead atoms. The summed E-state index contributed by atoms with van der Waals surface area (Å²) in [4.78, 5) is 7.61. The number of hydrogen-bond acceptors (Lipinski definition) is 6. The maximum absolute atomic E-state index is 9.59. The zero-order chi connectivity index (χ0) is 18.4. The van der Waals surface area contributed by atoms with Crippen molar-refractivity contribution in [2.24, 2.45) is 0 Å². The minimum atomic E-state index is -0.0809. The van der Waals surface area contributed by atoms with Gasteiger partial charge >= 0.3 is 7.48 Å². The number of rotatable bonds is 6. The van der Waals surface area contributed by atoms with E-state index >= 15 is 0 Å². The first-order valence-electron chi connectivity index (χ1n) is 8.49. The van der Waals surface area contributed by atoms with E-state index in [2.05, 4.69) is 15.3 Å². The molecule has 0 spiro atoms. The van der Waals surface area contributed by atoms with Crippen LogP contribution in [0.3, 0.4) is 0 Å². The van der Waals surface area contributed by atoms with Crippen molar-refractivity contribution < 1.29 is 9.76 Å². The number of nitrogens with zero attached hydrogens (tertiary/aromatic N) is 2. The van der Waals surface area contributed by atoms with Gasteiger partial charge in [-0.2, -0.15) is 5.26 Å². The summed E-state index contributed by atoms with van der Waals surface area (Å²) in [5.74, 6) is 0. The third kappa shape index (κ3) is 4.20. The molecule has 1 fully saturated rings. The van der Waals surface area contributed by atoms with E-state index in [1.807, 2.05) is 24.3 Å². The molecule has 1 saturated heterocycles. The van der Waals surface area contributed by atoms with Crippen LogP contribution in [0.2, 0.25) is 0 Å². The fraction of sp³-hybridized carbons (Fsp3) is 0.278. The molecule has 3 heterocycles. The van der Waals surface area contributed by atoms with Crippen LogP contribution < -0.4 is 10.8 Å². The molecule has 0 aromatic carbocycles. The van der Waals surface area contributed by atoms with Crippen molar-refractivity contribution in [3.8, 4) is 17.5 Å². The van der Waals surface area contributed by atoms with Crippen molar-refractivity contribution >= 4 is 30.9 Å². The van der Waals surface area contributed by atoms with Gasteiger partial charge in [0.05, 0.1) is 17.0 Å². The molecule has 26 heavy (non-hydrogen) atoms. The molecular weight excluding hydrogens is 329 g/mol. The summed E-state index contributed by atoms with van der Waals surface area (Å²) in [6.45, 7) is 1.48. The number of ether oxygens (including phenoxy) is 1. The largest absolute Gasteiger partial charge is 0.449 e. The van der Waals surface area contributed by atoms with Crippen LogP contribution in [0, 0.1) is 16.7 Å². The summed E-state index contributed by atoms with van der Waals surface area (Å²) in [6.07, 6.45) is 6.16. The van der Waals surface area contributed by atoms with Gasteiger partial charge in [0.25, 0.3) is 0 Å². The number of aromatic nitrogens is 2. The van der Waals surface area contributed by atoms with Crippen molar-refractivity contribution in [3.63, 3.8) is 0 Å². The second-order valence-electron chi connectivity index (χ2n) is 6.10. The number of H-pyrrole nitrogens is 1. The monoisotopic (exact) mass is 349 g/mol. The molecule has 0 aliphatic carbocycles. The average molecular weight is 349 g/mol. The van der Waals surface area contributed by atoms with Gasteiger partial charge < -0.3 is 25.5 Å². The van der Waals surface area contributed by atoms with Crippen molar-refractivity contribution in [2.75, 3.05) is 18.5 Å². The van der Waals surface area contributed by atoms with Crippen LogP contribution in [-0.2, 0) is 4.74 Å². The van der Waals surface area contributed by atoms with Crippen LogP contribution >= 0.6 is 0 Å². The quantitative estimate of drug-likeness (QED) is 0.355. The molecule has 4 N–H and O–H groups in total. The molecule has 1 aliphatic rings. The predicted molar refractivity (Wildman–Crippen MR) is 103 cm³/mol. The SMILES string of the molecule is N#C/C(C=N)=C/c1ccc(-c2cc(NC3CCOCC3)c(BO)cn2)[nH]1. The van der Waals surface area contributed by atoms with Crippen LogP contribution in [-0.4, -0.2) is 47.9 Å². The summed E-state index contributed by atoms with van der Waals surface area (Å²) < 4.78 is 5.39. The van der Waals surface area contributed by atoms with E-state index < -0.39 is 0 Å². The van der Waals surface area contributed by atoms with Crippen LogP contribution in [0.25, 0.3) is 17.5 Å². The van der Waals surface area contributed by atoms with Crippen molar-refractivity contribution in [2.45, 2.75) is 18.9 Å². The molecule has 2 aromatic rings. The molecule has 0 radical (unpaired) electrons. The van der Waals surface area contributed by atoms with Gasteiger partial charge in [-0.15, -0.1) is 0 Å². The highest BCUT2D eigenvalue weighted by atomic mass is 16.5. The molecule has 0 atom stereocenters. The molecule has 8 heteroatoms. The smallest absolute Gasteiger partial charge is 0.308 e. The Hall–Kier alpha value is -2.89. The standard InChI is InChI=1S/C18H20BN5O2/c20-9-12(10-21)7-14-1-2-16(24-14)18-8-17(15(19-25)11-22-18)23-13-3-5-26-6-4-13/h1-2,7-9,11,13,19-20,24-25H,3-6H2,(H,22,23)/b12-7+,20-9?. The zero-order valence-electron chi connectivity index (χ0n) is 14.3. The third-order valence-electron chi connectivity index (χ3n) is 4.32. The molecule has 2 aromatic heterocycles. The van der Waals surface area contributed by atoms with E-state index in [4.69, 9.17) is 15.4 Å². The maximum atomic E-state index is 9.59. The Labute approximate surface area is 152 Å². The normalized spacial score (nSPS) is 15.3. The Bertz CT molecular complexity index is 850. The van der Waals surface area contributed by atoms with Gasteiger partial charge in [-0.3, -0.25) is 4.98 Å². The Morgan fingerprint density at radius 3 is 2.96 bits per heavy atom. The lowest BCUT2D eigenvalue weighted by atomic mass is 9.88. The Balaban J connectivity index is 1.85. The summed E-state index contributed by atoms with van der Waals surface area (Å²) in [6, 6.07) is 7.90. The average Bonchev–Trinajstić information content (AvgIpc) is 3.15. The number of nitriles is 1. The fourth-order valence-electron chi connectivity index (χ4n) is 2.87. The first-order valence-corrected chi connectivity index (χ1v) is 8.49. The third-order valence-corrected chi connectivity index (χ3v) is 4.32. The summed E-state index contributed by atoms with van der Waals surface area (Å²) in [5, 5.41) is 29.2. The summed E-state index contributed by atoms with van der Waals surface area (Å²) in [5.41, 5.74) is 4.16. The fourth-order valence-corrected chi connectivity index (χ4v) is 2.87. The molecule has 132 valence electrons. The van der Waals surface area contributed by atoms with Gasteiger partial charge in [-0.05, 0) is 42.6 Å². The number of nitrogens with one attached hydrogen (secondary N) is 3. The van der Waals surface area contributed by atoms with Gasteiger partial charge in [-0.1, -0.05) is 0 Å². The Morgan fingerprint density at radius 2 is 2.27 bits per heavy atom. The van der Waals surface area contributed by atoms with Crippen molar-refractivity contribution in [3.05, 3.63) is 35.7 Å². The van der Waals surface area contributed by atoms with Gasteiger partial charge in [-0.25, -0.2) is 0 Å². The molecule has 0 unspecified atom stereocenters.